The van der Waals surface area contributed by atoms with E-state index in [1.165, 1.54) is 5.69 Å². The summed E-state index contributed by atoms with van der Waals surface area (Å²) in [6.45, 7) is 7.42. The molecule has 1 aliphatic heterocycles. The fourth-order valence-electron chi connectivity index (χ4n) is 4.48. The highest BCUT2D eigenvalue weighted by atomic mass is 79.9. The van der Waals surface area contributed by atoms with Gasteiger partial charge in [0.2, 0.25) is 0 Å². The number of methoxy groups -OCH3 is 1. The summed E-state index contributed by atoms with van der Waals surface area (Å²) in [6, 6.07) is 18.5. The SMILES string of the molecule is COCCOCCOCCOCCn1c(=O)c(N2CCN(c3ccccc3)CC2)cc2cc(Br)ccc21. The van der Waals surface area contributed by atoms with Crippen molar-refractivity contribution in [3.8, 4) is 0 Å². The van der Waals surface area contributed by atoms with Crippen LogP contribution in [0, 0.1) is 0 Å². The van der Waals surface area contributed by atoms with Crippen molar-refractivity contribution in [3.63, 3.8) is 0 Å². The average molecular weight is 575 g/mol. The number of aromatic nitrogens is 1. The lowest BCUT2D eigenvalue weighted by Gasteiger charge is -2.37. The van der Waals surface area contributed by atoms with Gasteiger partial charge in [-0.2, -0.15) is 0 Å². The second-order valence-corrected chi connectivity index (χ2v) is 9.74. The van der Waals surface area contributed by atoms with Crippen molar-refractivity contribution in [2.45, 2.75) is 6.54 Å². The zero-order chi connectivity index (χ0) is 25.9. The minimum Gasteiger partial charge on any atom is -0.382 e. The molecule has 2 heterocycles. The third-order valence-corrected chi connectivity index (χ3v) is 6.91. The van der Waals surface area contributed by atoms with Gasteiger partial charge in [-0.3, -0.25) is 4.79 Å². The monoisotopic (exact) mass is 573 g/mol. The minimum absolute atomic E-state index is 0.0241. The van der Waals surface area contributed by atoms with E-state index in [1.54, 1.807) is 7.11 Å². The Morgan fingerprint density at radius 1 is 0.757 bits per heavy atom. The summed E-state index contributed by atoms with van der Waals surface area (Å²) in [5.74, 6) is 0. The van der Waals surface area contributed by atoms with Gasteiger partial charge in [-0.25, -0.2) is 0 Å². The molecule has 0 N–H and O–H groups in total. The average Bonchev–Trinajstić information content (AvgIpc) is 2.93. The highest BCUT2D eigenvalue weighted by molar-refractivity contribution is 9.10. The maximum Gasteiger partial charge on any atom is 0.274 e. The van der Waals surface area contributed by atoms with Crippen molar-refractivity contribution in [2.75, 3.05) is 89.3 Å². The first-order chi connectivity index (χ1) is 18.2. The zero-order valence-electron chi connectivity index (χ0n) is 21.4. The maximum atomic E-state index is 13.6. The first-order valence-corrected chi connectivity index (χ1v) is 13.6. The van der Waals surface area contributed by atoms with Gasteiger partial charge in [-0.15, -0.1) is 0 Å². The van der Waals surface area contributed by atoms with E-state index in [-0.39, 0.29) is 5.56 Å². The number of pyridine rings is 1. The van der Waals surface area contributed by atoms with E-state index < -0.39 is 0 Å². The Kier molecular flexibility index (Phi) is 10.8. The molecule has 4 rings (SSSR count). The Hall–Kier alpha value is -2.43. The van der Waals surface area contributed by atoms with Crippen LogP contribution >= 0.6 is 15.9 Å². The quantitative estimate of drug-likeness (QED) is 0.272. The zero-order valence-corrected chi connectivity index (χ0v) is 23.0. The molecular weight excluding hydrogens is 538 g/mol. The summed E-state index contributed by atoms with van der Waals surface area (Å²) in [6.07, 6.45) is 0. The summed E-state index contributed by atoms with van der Waals surface area (Å²) in [7, 11) is 1.65. The second kappa shape index (κ2) is 14.5. The van der Waals surface area contributed by atoms with Gasteiger partial charge in [0.1, 0.15) is 5.69 Å². The number of para-hydroxylation sites is 1. The molecular formula is C28H36BrN3O5. The van der Waals surface area contributed by atoms with Crippen LogP contribution in [0.2, 0.25) is 0 Å². The third kappa shape index (κ3) is 7.78. The Labute approximate surface area is 226 Å². The highest BCUT2D eigenvalue weighted by Gasteiger charge is 2.21. The molecule has 1 aliphatic rings. The molecule has 0 amide bonds. The molecule has 3 aromatic rings. The number of halogens is 1. The topological polar surface area (TPSA) is 65.4 Å². The molecule has 8 nitrogen and oxygen atoms in total. The normalized spacial score (nSPS) is 14.0. The van der Waals surface area contributed by atoms with Crippen molar-refractivity contribution in [2.24, 2.45) is 0 Å². The first-order valence-electron chi connectivity index (χ1n) is 12.8. The van der Waals surface area contributed by atoms with E-state index in [2.05, 4.69) is 56.1 Å². The van der Waals surface area contributed by atoms with Crippen molar-refractivity contribution >= 4 is 38.2 Å². The molecule has 0 unspecified atom stereocenters. The fourth-order valence-corrected chi connectivity index (χ4v) is 4.86. The van der Waals surface area contributed by atoms with Gasteiger partial charge < -0.3 is 33.3 Å². The number of ether oxygens (including phenoxy) is 4. The van der Waals surface area contributed by atoms with Crippen LogP contribution in [-0.2, 0) is 25.5 Å². The van der Waals surface area contributed by atoms with Gasteiger partial charge in [0, 0.05) is 55.4 Å². The van der Waals surface area contributed by atoms with E-state index >= 15 is 0 Å². The smallest absolute Gasteiger partial charge is 0.274 e. The van der Waals surface area contributed by atoms with E-state index in [9.17, 15) is 4.79 Å². The van der Waals surface area contributed by atoms with Crippen molar-refractivity contribution in [3.05, 3.63) is 69.4 Å². The lowest BCUT2D eigenvalue weighted by Crippen LogP contribution is -2.48. The van der Waals surface area contributed by atoms with Crippen LogP contribution in [0.5, 0.6) is 0 Å². The van der Waals surface area contributed by atoms with Gasteiger partial charge in [-0.1, -0.05) is 34.1 Å². The van der Waals surface area contributed by atoms with Crippen LogP contribution in [0.3, 0.4) is 0 Å². The van der Waals surface area contributed by atoms with Crippen LogP contribution in [-0.4, -0.2) is 84.1 Å². The number of nitrogens with zero attached hydrogens (tertiary/aromatic N) is 3. The molecule has 0 radical (unpaired) electrons. The molecule has 1 saturated heterocycles. The fraction of sp³-hybridized carbons (Fsp3) is 0.464. The van der Waals surface area contributed by atoms with E-state index in [4.69, 9.17) is 18.9 Å². The molecule has 0 bridgehead atoms. The number of fused-ring (bicyclic) bond motifs is 1. The second-order valence-electron chi connectivity index (χ2n) is 8.83. The van der Waals surface area contributed by atoms with Crippen LogP contribution in [0.4, 0.5) is 11.4 Å². The first kappa shape index (κ1) is 27.6. The summed E-state index contributed by atoms with van der Waals surface area (Å²) < 4.78 is 24.5. The Morgan fingerprint density at radius 3 is 2.05 bits per heavy atom. The van der Waals surface area contributed by atoms with Crippen molar-refractivity contribution in [1.82, 2.24) is 4.57 Å². The molecule has 1 fully saturated rings. The highest BCUT2D eigenvalue weighted by Crippen LogP contribution is 2.24. The van der Waals surface area contributed by atoms with Crippen molar-refractivity contribution in [1.29, 1.82) is 0 Å². The van der Waals surface area contributed by atoms with Crippen LogP contribution in [0.15, 0.2) is 63.9 Å². The lowest BCUT2D eigenvalue weighted by atomic mass is 10.1. The lowest BCUT2D eigenvalue weighted by molar-refractivity contribution is 0.00277. The van der Waals surface area contributed by atoms with E-state index in [1.807, 2.05) is 28.8 Å². The van der Waals surface area contributed by atoms with Gasteiger partial charge in [0.15, 0.2) is 0 Å². The van der Waals surface area contributed by atoms with E-state index in [0.717, 1.165) is 47.2 Å². The molecule has 200 valence electrons. The van der Waals surface area contributed by atoms with Gasteiger partial charge >= 0.3 is 0 Å². The summed E-state index contributed by atoms with van der Waals surface area (Å²) in [5, 5.41) is 1.03. The number of hydrogen-bond donors (Lipinski definition) is 0. The summed E-state index contributed by atoms with van der Waals surface area (Å²) in [4.78, 5) is 18.2. The number of anilines is 2. The molecule has 0 spiro atoms. The molecule has 2 aromatic carbocycles. The van der Waals surface area contributed by atoms with Gasteiger partial charge in [0.05, 0.1) is 51.8 Å². The molecule has 1 aromatic heterocycles. The van der Waals surface area contributed by atoms with Crippen LogP contribution in [0.1, 0.15) is 0 Å². The molecule has 37 heavy (non-hydrogen) atoms. The predicted octanol–water partition coefficient (Wildman–Crippen LogP) is 3.79. The minimum atomic E-state index is 0.0241. The van der Waals surface area contributed by atoms with Crippen LogP contribution in [0.25, 0.3) is 10.9 Å². The van der Waals surface area contributed by atoms with Gasteiger partial charge in [-0.05, 0) is 36.4 Å². The van der Waals surface area contributed by atoms with Crippen molar-refractivity contribution < 1.29 is 18.9 Å². The largest absolute Gasteiger partial charge is 0.382 e. The van der Waals surface area contributed by atoms with Gasteiger partial charge in [0.25, 0.3) is 5.56 Å². The maximum absolute atomic E-state index is 13.6. The van der Waals surface area contributed by atoms with E-state index in [0.29, 0.717) is 52.8 Å². The number of piperazine rings is 1. The number of rotatable bonds is 14. The Balaban J connectivity index is 1.35. The Bertz CT molecular complexity index is 1170. The number of benzene rings is 2. The molecule has 0 atom stereocenters. The standard InChI is InChI=1S/C28H36BrN3O5/c1-34-15-16-36-19-20-37-18-17-35-14-13-32-26-8-7-24(29)21-23(26)22-27(28(32)33)31-11-9-30(10-12-31)25-5-3-2-4-6-25/h2-8,21-22H,9-20H2,1H3. The summed E-state index contributed by atoms with van der Waals surface area (Å²) in [5.41, 5.74) is 2.90. The summed E-state index contributed by atoms with van der Waals surface area (Å²) >= 11 is 3.58. The molecule has 0 aliphatic carbocycles. The third-order valence-electron chi connectivity index (χ3n) is 6.41. The predicted molar refractivity (Wildman–Crippen MR) is 151 cm³/mol. The molecule has 9 heteroatoms. The Morgan fingerprint density at radius 2 is 1.38 bits per heavy atom. The molecule has 0 saturated carbocycles. The number of hydrogen-bond acceptors (Lipinski definition) is 7. The van der Waals surface area contributed by atoms with Crippen LogP contribution < -0.4 is 15.4 Å².